The number of amides is 2. The highest BCUT2D eigenvalue weighted by Gasteiger charge is 2.25. The number of nitrogens with one attached hydrogen (secondary N) is 2. The summed E-state index contributed by atoms with van der Waals surface area (Å²) in [5.41, 5.74) is -0.0591. The second-order valence-electron chi connectivity index (χ2n) is 6.88. The van der Waals surface area contributed by atoms with Crippen molar-refractivity contribution in [1.29, 1.82) is 0 Å². The number of halogens is 2. The monoisotopic (exact) mass is 436 g/mol. The van der Waals surface area contributed by atoms with Gasteiger partial charge in [0.25, 0.3) is 11.8 Å². The van der Waals surface area contributed by atoms with Crippen molar-refractivity contribution >= 4 is 34.2 Å². The number of hydrogen-bond acceptors (Lipinski definition) is 5. The van der Waals surface area contributed by atoms with Crippen molar-refractivity contribution < 1.29 is 32.3 Å². The summed E-state index contributed by atoms with van der Waals surface area (Å²) in [4.78, 5) is 25.6. The van der Waals surface area contributed by atoms with E-state index in [0.717, 1.165) is 18.2 Å². The lowest BCUT2D eigenvalue weighted by molar-refractivity contribution is 0.0999. The lowest BCUT2D eigenvalue weighted by atomic mass is 10.1. The van der Waals surface area contributed by atoms with Crippen molar-refractivity contribution in [2.45, 2.75) is 0 Å². The van der Waals surface area contributed by atoms with E-state index < -0.39 is 29.0 Å². The van der Waals surface area contributed by atoms with Crippen LogP contribution in [0.4, 0.5) is 20.2 Å². The van der Waals surface area contributed by atoms with E-state index in [4.69, 9.17) is 13.9 Å². The third-order valence-electron chi connectivity index (χ3n) is 4.86. The first-order valence-electron chi connectivity index (χ1n) is 9.49. The van der Waals surface area contributed by atoms with Crippen LogP contribution >= 0.6 is 0 Å². The van der Waals surface area contributed by atoms with Crippen molar-refractivity contribution in [3.05, 3.63) is 83.6 Å². The van der Waals surface area contributed by atoms with Crippen LogP contribution in [0, 0.1) is 11.6 Å². The Labute approximate surface area is 179 Å². The zero-order valence-corrected chi connectivity index (χ0v) is 16.3. The molecule has 7 nitrogen and oxygen atoms in total. The van der Waals surface area contributed by atoms with Gasteiger partial charge in [0.1, 0.15) is 28.5 Å². The number of hydrogen-bond donors (Lipinski definition) is 2. The lowest BCUT2D eigenvalue weighted by Gasteiger charge is -2.09. The summed E-state index contributed by atoms with van der Waals surface area (Å²) in [7, 11) is 0. The fourth-order valence-corrected chi connectivity index (χ4v) is 3.38. The van der Waals surface area contributed by atoms with Crippen molar-refractivity contribution in [3.63, 3.8) is 0 Å². The van der Waals surface area contributed by atoms with E-state index in [1.54, 1.807) is 42.5 Å². The number of fused-ring (bicyclic) bond motifs is 2. The number of carbonyl (C=O) groups is 2. The van der Waals surface area contributed by atoms with Gasteiger partial charge in [0.2, 0.25) is 12.6 Å². The highest BCUT2D eigenvalue weighted by Crippen LogP contribution is 2.36. The molecule has 5 rings (SSSR count). The predicted molar refractivity (Wildman–Crippen MR) is 111 cm³/mol. The van der Waals surface area contributed by atoms with Gasteiger partial charge in [-0.2, -0.15) is 0 Å². The van der Waals surface area contributed by atoms with Crippen LogP contribution in [0.2, 0.25) is 0 Å². The van der Waals surface area contributed by atoms with E-state index in [1.165, 1.54) is 0 Å². The van der Waals surface area contributed by atoms with Crippen LogP contribution in [0.1, 0.15) is 20.9 Å². The van der Waals surface area contributed by atoms with Crippen molar-refractivity contribution in [2.75, 3.05) is 17.4 Å². The Morgan fingerprint density at radius 1 is 0.812 bits per heavy atom. The molecule has 0 fully saturated rings. The Morgan fingerprint density at radius 2 is 1.56 bits per heavy atom. The normalized spacial score (nSPS) is 12.1. The summed E-state index contributed by atoms with van der Waals surface area (Å²) in [6, 6.07) is 14.5. The summed E-state index contributed by atoms with van der Waals surface area (Å²) in [5, 5.41) is 5.48. The first-order valence-corrected chi connectivity index (χ1v) is 9.49. The molecule has 32 heavy (non-hydrogen) atoms. The molecule has 9 heteroatoms. The number of ether oxygens (including phenoxy) is 2. The Morgan fingerprint density at radius 3 is 2.38 bits per heavy atom. The van der Waals surface area contributed by atoms with Gasteiger partial charge in [0.15, 0.2) is 11.5 Å². The van der Waals surface area contributed by atoms with Gasteiger partial charge in [-0.05, 0) is 36.4 Å². The largest absolute Gasteiger partial charge is 0.454 e. The second-order valence-corrected chi connectivity index (χ2v) is 6.88. The van der Waals surface area contributed by atoms with E-state index >= 15 is 0 Å². The Hall–Kier alpha value is -4.40. The third kappa shape index (κ3) is 3.39. The minimum atomic E-state index is -1.05. The van der Waals surface area contributed by atoms with Gasteiger partial charge < -0.3 is 24.5 Å². The molecule has 2 amide bonds. The maximum absolute atomic E-state index is 14.1. The zero-order valence-electron chi connectivity index (χ0n) is 16.3. The van der Waals surface area contributed by atoms with Gasteiger partial charge in [-0.15, -0.1) is 0 Å². The van der Waals surface area contributed by atoms with Gasteiger partial charge in [-0.25, -0.2) is 8.78 Å². The number of benzene rings is 3. The first-order chi connectivity index (χ1) is 15.5. The molecule has 0 bridgehead atoms. The predicted octanol–water partition coefficient (Wildman–Crippen LogP) is 4.94. The summed E-state index contributed by atoms with van der Waals surface area (Å²) in [6.45, 7) is 0.0824. The van der Waals surface area contributed by atoms with E-state index in [0.29, 0.717) is 28.2 Å². The van der Waals surface area contributed by atoms with Crippen LogP contribution in [0.25, 0.3) is 11.0 Å². The maximum atomic E-state index is 14.1. The molecule has 1 aliphatic heterocycles. The quantitative estimate of drug-likeness (QED) is 0.473. The highest BCUT2D eigenvalue weighted by molar-refractivity contribution is 6.17. The van der Waals surface area contributed by atoms with Gasteiger partial charge in [0.05, 0.1) is 0 Å². The molecule has 1 aliphatic rings. The molecule has 0 saturated heterocycles. The molecule has 0 radical (unpaired) electrons. The molecule has 1 aromatic heterocycles. The number of furan rings is 1. The van der Waals surface area contributed by atoms with E-state index in [1.807, 2.05) is 0 Å². The van der Waals surface area contributed by atoms with E-state index in [-0.39, 0.29) is 18.2 Å². The standard InChI is InChI=1S/C23H14F2N2O5/c24-14-5-3-6-15(25)19(14)22(28)27-20-13-4-1-2-7-16(13)32-21(20)23(29)26-12-8-9-17-18(10-12)31-11-30-17/h1-10H,11H2,(H,26,29)(H,27,28). The third-order valence-corrected chi connectivity index (χ3v) is 4.86. The zero-order chi connectivity index (χ0) is 22.2. The number of anilines is 2. The van der Waals surface area contributed by atoms with Crippen molar-refractivity contribution in [1.82, 2.24) is 0 Å². The average Bonchev–Trinajstić information content (AvgIpc) is 3.38. The molecule has 4 aromatic rings. The second kappa shape index (κ2) is 7.69. The van der Waals surface area contributed by atoms with Gasteiger partial charge in [-0.3, -0.25) is 9.59 Å². The van der Waals surface area contributed by atoms with Gasteiger partial charge in [0, 0.05) is 17.1 Å². The molecule has 2 N–H and O–H groups in total. The molecule has 0 atom stereocenters. The topological polar surface area (TPSA) is 89.8 Å². The number of para-hydroxylation sites is 1. The Kier molecular flexibility index (Phi) is 4.70. The Balaban J connectivity index is 1.50. The number of rotatable bonds is 4. The average molecular weight is 436 g/mol. The molecular formula is C23H14F2N2O5. The molecule has 3 aromatic carbocycles. The maximum Gasteiger partial charge on any atom is 0.293 e. The van der Waals surface area contributed by atoms with Crippen LogP contribution in [0.15, 0.2) is 65.1 Å². The van der Waals surface area contributed by atoms with Gasteiger partial charge in [-0.1, -0.05) is 18.2 Å². The van der Waals surface area contributed by atoms with Gasteiger partial charge >= 0.3 is 0 Å². The fourth-order valence-electron chi connectivity index (χ4n) is 3.38. The number of carbonyl (C=O) groups excluding carboxylic acids is 2. The minimum Gasteiger partial charge on any atom is -0.454 e. The molecule has 0 spiro atoms. The highest BCUT2D eigenvalue weighted by atomic mass is 19.1. The minimum absolute atomic E-state index is 0.00787. The van der Waals surface area contributed by atoms with Crippen LogP contribution in [0.3, 0.4) is 0 Å². The van der Waals surface area contributed by atoms with Crippen LogP contribution in [0.5, 0.6) is 11.5 Å². The van der Waals surface area contributed by atoms with Crippen LogP contribution in [-0.4, -0.2) is 18.6 Å². The van der Waals surface area contributed by atoms with E-state index in [2.05, 4.69) is 10.6 Å². The fraction of sp³-hybridized carbons (Fsp3) is 0.0435. The molecule has 0 unspecified atom stereocenters. The van der Waals surface area contributed by atoms with Crippen molar-refractivity contribution in [2.24, 2.45) is 0 Å². The molecule has 2 heterocycles. The molecule has 0 aliphatic carbocycles. The lowest BCUT2D eigenvalue weighted by Crippen LogP contribution is -2.19. The van der Waals surface area contributed by atoms with Crippen LogP contribution < -0.4 is 20.1 Å². The van der Waals surface area contributed by atoms with E-state index in [9.17, 15) is 18.4 Å². The molecular weight excluding hydrogens is 422 g/mol. The molecule has 0 saturated carbocycles. The summed E-state index contributed by atoms with van der Waals surface area (Å²) in [5.74, 6) is -2.99. The summed E-state index contributed by atoms with van der Waals surface area (Å²) >= 11 is 0. The van der Waals surface area contributed by atoms with Crippen molar-refractivity contribution in [3.8, 4) is 11.5 Å². The smallest absolute Gasteiger partial charge is 0.293 e. The Bertz CT molecular complexity index is 1360. The summed E-state index contributed by atoms with van der Waals surface area (Å²) < 4.78 is 44.3. The first kappa shape index (κ1) is 19.6. The SMILES string of the molecule is O=C(Nc1ccc2c(c1)OCO2)c1oc2ccccc2c1NC(=O)c1c(F)cccc1F. The summed E-state index contributed by atoms with van der Waals surface area (Å²) in [6.07, 6.45) is 0. The van der Waals surface area contributed by atoms with Crippen LogP contribution in [-0.2, 0) is 0 Å². The molecule has 160 valence electrons.